The summed E-state index contributed by atoms with van der Waals surface area (Å²) in [5.74, 6) is 7.91. The molecule has 1 rings (SSSR count). The fraction of sp³-hybridized carbons (Fsp3) is 0.733. The third-order valence-corrected chi connectivity index (χ3v) is 3.17. The maximum absolute atomic E-state index is 5.60. The number of nitrogens with two attached hydrogens (primary N) is 1. The highest BCUT2D eigenvalue weighted by Crippen LogP contribution is 2.27. The van der Waals surface area contributed by atoms with Gasteiger partial charge in [-0.05, 0) is 20.8 Å². The molecule has 0 radical (unpaired) electrons. The van der Waals surface area contributed by atoms with E-state index in [1.54, 1.807) is 0 Å². The van der Waals surface area contributed by atoms with Crippen molar-refractivity contribution in [3.8, 4) is 0 Å². The van der Waals surface area contributed by atoms with Crippen molar-refractivity contribution in [1.82, 2.24) is 9.97 Å². The Labute approximate surface area is 128 Å². The van der Waals surface area contributed by atoms with Crippen molar-refractivity contribution in [3.05, 3.63) is 11.4 Å². The molecule has 0 spiro atoms. The number of nitrogen functional groups attached to an aromatic ring is 1. The summed E-state index contributed by atoms with van der Waals surface area (Å²) >= 11 is 0. The van der Waals surface area contributed by atoms with Crippen molar-refractivity contribution in [3.63, 3.8) is 0 Å². The highest BCUT2D eigenvalue weighted by atomic mass is 16.5. The molecule has 120 valence electrons. The first-order valence-corrected chi connectivity index (χ1v) is 7.35. The molecule has 0 aliphatic carbocycles. The number of hydrogen-bond acceptors (Lipinski definition) is 6. The van der Waals surface area contributed by atoms with Crippen molar-refractivity contribution in [2.24, 2.45) is 5.84 Å². The van der Waals surface area contributed by atoms with Gasteiger partial charge in [0.05, 0.1) is 12.7 Å². The smallest absolute Gasteiger partial charge is 0.148 e. The molecule has 3 N–H and O–H groups in total. The van der Waals surface area contributed by atoms with Crippen LogP contribution in [0.25, 0.3) is 0 Å². The van der Waals surface area contributed by atoms with Crippen molar-refractivity contribution in [2.45, 2.75) is 53.1 Å². The van der Waals surface area contributed by atoms with Crippen LogP contribution in [0.3, 0.4) is 0 Å². The minimum absolute atomic E-state index is 0.136. The fourth-order valence-electron chi connectivity index (χ4n) is 1.88. The van der Waals surface area contributed by atoms with E-state index in [4.69, 9.17) is 15.6 Å². The number of hydrazine groups is 1. The standard InChI is InChI=1S/C15H29N5O/c1-10(2)21-9-8-20(7)13-11(3)12(19-16)17-14(18-13)15(4,5)6/h10H,8-9,16H2,1-7H3,(H,17,18,19). The van der Waals surface area contributed by atoms with Crippen LogP contribution >= 0.6 is 0 Å². The molecule has 0 aliphatic rings. The molecule has 1 aromatic rings. The number of nitrogens with one attached hydrogen (secondary N) is 1. The molecular weight excluding hydrogens is 266 g/mol. The molecule has 1 heterocycles. The van der Waals surface area contributed by atoms with Gasteiger partial charge in [-0.3, -0.25) is 0 Å². The van der Waals surface area contributed by atoms with Crippen molar-refractivity contribution < 1.29 is 4.74 Å². The second-order valence-electron chi connectivity index (χ2n) is 6.58. The highest BCUT2D eigenvalue weighted by molar-refractivity contribution is 5.58. The SMILES string of the molecule is Cc1c(NN)nc(C(C)(C)C)nc1N(C)CCOC(C)C. The molecule has 0 atom stereocenters. The Kier molecular flexibility index (Phi) is 5.92. The summed E-state index contributed by atoms with van der Waals surface area (Å²) in [5.41, 5.74) is 3.47. The first-order chi connectivity index (χ1) is 9.66. The molecule has 0 fully saturated rings. The van der Waals surface area contributed by atoms with Crippen LogP contribution in [0, 0.1) is 6.92 Å². The summed E-state index contributed by atoms with van der Waals surface area (Å²) in [5, 5.41) is 0. The van der Waals surface area contributed by atoms with Gasteiger partial charge in [0, 0.05) is 24.6 Å². The lowest BCUT2D eigenvalue weighted by Gasteiger charge is -2.25. The number of aromatic nitrogens is 2. The summed E-state index contributed by atoms with van der Waals surface area (Å²) < 4.78 is 5.60. The first-order valence-electron chi connectivity index (χ1n) is 7.35. The van der Waals surface area contributed by atoms with E-state index in [0.29, 0.717) is 12.4 Å². The molecule has 0 saturated carbocycles. The van der Waals surface area contributed by atoms with E-state index >= 15 is 0 Å². The molecule has 1 aromatic heterocycles. The second-order valence-corrected chi connectivity index (χ2v) is 6.58. The molecule has 0 unspecified atom stereocenters. The average Bonchev–Trinajstić information content (AvgIpc) is 2.36. The number of anilines is 2. The zero-order valence-electron chi connectivity index (χ0n) is 14.3. The number of nitrogens with zero attached hydrogens (tertiary/aromatic N) is 3. The molecule has 6 heteroatoms. The van der Waals surface area contributed by atoms with Gasteiger partial charge in [0.25, 0.3) is 0 Å². The van der Waals surface area contributed by atoms with Gasteiger partial charge in [0.15, 0.2) is 0 Å². The Morgan fingerprint density at radius 1 is 1.29 bits per heavy atom. The summed E-state index contributed by atoms with van der Waals surface area (Å²) in [6.07, 6.45) is 0.233. The Bertz CT molecular complexity index is 468. The van der Waals surface area contributed by atoms with Crippen LogP contribution in [0.1, 0.15) is 46.0 Å². The topological polar surface area (TPSA) is 76.3 Å². The van der Waals surface area contributed by atoms with Crippen LogP contribution in [0.15, 0.2) is 0 Å². The zero-order chi connectivity index (χ0) is 16.2. The largest absolute Gasteiger partial charge is 0.377 e. The zero-order valence-corrected chi connectivity index (χ0v) is 14.3. The third-order valence-electron chi connectivity index (χ3n) is 3.17. The maximum atomic E-state index is 5.60. The van der Waals surface area contributed by atoms with E-state index in [1.807, 2.05) is 27.8 Å². The van der Waals surface area contributed by atoms with Gasteiger partial charge >= 0.3 is 0 Å². The molecule has 0 aliphatic heterocycles. The lowest BCUT2D eigenvalue weighted by molar-refractivity contribution is 0.0845. The van der Waals surface area contributed by atoms with Gasteiger partial charge in [-0.2, -0.15) is 0 Å². The number of rotatable bonds is 6. The quantitative estimate of drug-likeness (QED) is 0.619. The fourth-order valence-corrected chi connectivity index (χ4v) is 1.88. The van der Waals surface area contributed by atoms with Gasteiger partial charge in [-0.15, -0.1) is 0 Å². The van der Waals surface area contributed by atoms with Gasteiger partial charge in [0.2, 0.25) is 0 Å². The molecule has 0 aromatic carbocycles. The van der Waals surface area contributed by atoms with Crippen LogP contribution in [-0.2, 0) is 10.2 Å². The summed E-state index contributed by atoms with van der Waals surface area (Å²) in [4.78, 5) is 11.3. The average molecular weight is 295 g/mol. The molecule has 0 bridgehead atoms. The Balaban J connectivity index is 3.04. The summed E-state index contributed by atoms with van der Waals surface area (Å²) in [6, 6.07) is 0. The van der Waals surface area contributed by atoms with Gasteiger partial charge in [0.1, 0.15) is 17.5 Å². The number of ether oxygens (including phenoxy) is 1. The summed E-state index contributed by atoms with van der Waals surface area (Å²) in [7, 11) is 2.01. The van der Waals surface area contributed by atoms with E-state index in [9.17, 15) is 0 Å². The minimum atomic E-state index is -0.136. The van der Waals surface area contributed by atoms with E-state index < -0.39 is 0 Å². The van der Waals surface area contributed by atoms with Crippen molar-refractivity contribution >= 4 is 11.6 Å². The molecule has 21 heavy (non-hydrogen) atoms. The lowest BCUT2D eigenvalue weighted by atomic mass is 9.95. The number of hydrogen-bond donors (Lipinski definition) is 2. The lowest BCUT2D eigenvalue weighted by Crippen LogP contribution is -2.28. The monoisotopic (exact) mass is 295 g/mol. The number of likely N-dealkylation sites (N-methyl/N-ethyl adjacent to an activating group) is 1. The van der Waals surface area contributed by atoms with Crippen molar-refractivity contribution in [1.29, 1.82) is 0 Å². The first kappa shape index (κ1) is 17.7. The third kappa shape index (κ3) is 4.82. The Morgan fingerprint density at radius 3 is 2.38 bits per heavy atom. The van der Waals surface area contributed by atoms with E-state index in [1.165, 1.54) is 0 Å². The van der Waals surface area contributed by atoms with Gasteiger partial charge < -0.3 is 15.1 Å². The Hall–Kier alpha value is -1.40. The van der Waals surface area contributed by atoms with E-state index in [0.717, 1.165) is 23.8 Å². The Morgan fingerprint density at radius 2 is 1.90 bits per heavy atom. The molecule has 0 amide bonds. The van der Waals surface area contributed by atoms with Gasteiger partial charge in [-0.1, -0.05) is 20.8 Å². The summed E-state index contributed by atoms with van der Waals surface area (Å²) in [6.45, 7) is 13.7. The van der Waals surface area contributed by atoms with Crippen molar-refractivity contribution in [2.75, 3.05) is 30.5 Å². The predicted octanol–water partition coefficient (Wildman–Crippen LogP) is 2.23. The van der Waals surface area contributed by atoms with Crippen LogP contribution in [0.5, 0.6) is 0 Å². The van der Waals surface area contributed by atoms with E-state index in [2.05, 4.69) is 36.1 Å². The van der Waals surface area contributed by atoms with Crippen LogP contribution < -0.4 is 16.2 Å². The van der Waals surface area contributed by atoms with Gasteiger partial charge in [-0.25, -0.2) is 15.8 Å². The predicted molar refractivity (Wildman–Crippen MR) is 87.6 cm³/mol. The second kappa shape index (κ2) is 7.04. The van der Waals surface area contributed by atoms with Crippen LogP contribution in [0.2, 0.25) is 0 Å². The molecule has 0 saturated heterocycles. The van der Waals surface area contributed by atoms with Crippen LogP contribution in [-0.4, -0.2) is 36.3 Å². The van der Waals surface area contributed by atoms with E-state index in [-0.39, 0.29) is 11.5 Å². The molecular formula is C15H29N5O. The van der Waals surface area contributed by atoms with Crippen LogP contribution in [0.4, 0.5) is 11.6 Å². The highest BCUT2D eigenvalue weighted by Gasteiger charge is 2.22. The molecule has 6 nitrogen and oxygen atoms in total. The minimum Gasteiger partial charge on any atom is -0.377 e. The normalized spacial score (nSPS) is 11.9. The maximum Gasteiger partial charge on any atom is 0.148 e.